The molecular formula is C14H18N2O3. The van der Waals surface area contributed by atoms with Crippen LogP contribution >= 0.6 is 0 Å². The molecule has 0 spiro atoms. The predicted octanol–water partition coefficient (Wildman–Crippen LogP) is 2.10. The molecule has 19 heavy (non-hydrogen) atoms. The van der Waals surface area contributed by atoms with Gasteiger partial charge in [0.15, 0.2) is 0 Å². The number of nitrogens with zero attached hydrogens (tertiary/aromatic N) is 2. The molecule has 1 aromatic rings. The molecule has 102 valence electrons. The van der Waals surface area contributed by atoms with Crippen molar-refractivity contribution in [2.24, 2.45) is 0 Å². The Morgan fingerprint density at radius 1 is 1.47 bits per heavy atom. The summed E-state index contributed by atoms with van der Waals surface area (Å²) in [6, 6.07) is 7.66. The Morgan fingerprint density at radius 2 is 2.21 bits per heavy atom. The van der Waals surface area contributed by atoms with Crippen molar-refractivity contribution in [3.63, 3.8) is 0 Å². The lowest BCUT2D eigenvalue weighted by atomic mass is 10.1. The van der Waals surface area contributed by atoms with Crippen LogP contribution in [0.3, 0.4) is 0 Å². The normalized spacial score (nSPS) is 19.1. The molecule has 0 aromatic heterocycles. The van der Waals surface area contributed by atoms with E-state index in [1.54, 1.807) is 16.8 Å². The number of carboxylic acid groups (broad SMARTS) is 1. The Bertz CT molecular complexity index is 501. The minimum absolute atomic E-state index is 0.0379. The first-order valence-corrected chi connectivity index (χ1v) is 6.32. The number of carboxylic acids is 1. The van der Waals surface area contributed by atoms with E-state index in [1.165, 1.54) is 0 Å². The third-order valence-corrected chi connectivity index (χ3v) is 3.48. The number of rotatable bonds is 4. The first-order valence-electron chi connectivity index (χ1n) is 6.32. The van der Waals surface area contributed by atoms with Gasteiger partial charge in [-0.05, 0) is 31.0 Å². The van der Waals surface area contributed by atoms with Gasteiger partial charge < -0.3 is 10.0 Å². The number of amides is 2. The van der Waals surface area contributed by atoms with Gasteiger partial charge in [0.25, 0.3) is 0 Å². The van der Waals surface area contributed by atoms with E-state index in [0.29, 0.717) is 13.0 Å². The van der Waals surface area contributed by atoms with Gasteiger partial charge >= 0.3 is 12.0 Å². The molecule has 1 heterocycles. The molecule has 5 nitrogen and oxygen atoms in total. The lowest BCUT2D eigenvalue weighted by Gasteiger charge is -2.16. The number of benzene rings is 1. The molecule has 1 aliphatic rings. The van der Waals surface area contributed by atoms with Crippen LogP contribution < -0.4 is 4.90 Å². The number of urea groups is 1. The molecule has 5 heteroatoms. The molecule has 0 saturated carbocycles. The highest BCUT2D eigenvalue weighted by Gasteiger charge is 2.35. The molecule has 1 fully saturated rings. The van der Waals surface area contributed by atoms with E-state index in [1.807, 2.05) is 31.2 Å². The zero-order chi connectivity index (χ0) is 14.0. The Morgan fingerprint density at radius 3 is 2.84 bits per heavy atom. The van der Waals surface area contributed by atoms with Crippen LogP contribution in [0.5, 0.6) is 0 Å². The van der Waals surface area contributed by atoms with Crippen molar-refractivity contribution in [1.82, 2.24) is 4.90 Å². The van der Waals surface area contributed by atoms with Gasteiger partial charge in [-0.1, -0.05) is 12.1 Å². The lowest BCUT2D eigenvalue weighted by Crippen LogP contribution is -2.31. The van der Waals surface area contributed by atoms with Crippen LogP contribution in [0.15, 0.2) is 24.3 Å². The van der Waals surface area contributed by atoms with Gasteiger partial charge in [-0.3, -0.25) is 9.69 Å². The lowest BCUT2D eigenvalue weighted by molar-refractivity contribution is -0.137. The van der Waals surface area contributed by atoms with Gasteiger partial charge in [0.1, 0.15) is 0 Å². The van der Waals surface area contributed by atoms with Gasteiger partial charge in [0.05, 0.1) is 6.04 Å². The Hall–Kier alpha value is -2.04. The second-order valence-corrected chi connectivity index (χ2v) is 4.93. The molecule has 1 aliphatic heterocycles. The van der Waals surface area contributed by atoms with Gasteiger partial charge in [-0.2, -0.15) is 0 Å². The van der Waals surface area contributed by atoms with E-state index in [-0.39, 0.29) is 18.5 Å². The number of hydrogen-bond donors (Lipinski definition) is 1. The summed E-state index contributed by atoms with van der Waals surface area (Å²) < 4.78 is 0. The number of carbonyl (C=O) groups excluding carboxylic acids is 1. The Labute approximate surface area is 112 Å². The molecule has 1 aromatic carbocycles. The van der Waals surface area contributed by atoms with Gasteiger partial charge in [0.2, 0.25) is 0 Å². The minimum atomic E-state index is -0.824. The average molecular weight is 262 g/mol. The number of hydrogen-bond acceptors (Lipinski definition) is 2. The molecule has 2 rings (SSSR count). The standard InChI is InChI=1S/C14H18N2O3/c1-10-4-3-5-11(8-10)16-9-12(6-7-13(17)18)15(2)14(16)19/h3-5,8,12H,6-7,9H2,1-2H3,(H,17,18). The molecule has 1 N–H and O–H groups in total. The second-order valence-electron chi connectivity index (χ2n) is 4.93. The fourth-order valence-electron chi connectivity index (χ4n) is 2.34. The van der Waals surface area contributed by atoms with Crippen molar-refractivity contribution in [3.05, 3.63) is 29.8 Å². The van der Waals surface area contributed by atoms with Crippen molar-refractivity contribution < 1.29 is 14.7 Å². The molecule has 1 unspecified atom stereocenters. The molecule has 2 amide bonds. The van der Waals surface area contributed by atoms with Crippen molar-refractivity contribution >= 4 is 17.7 Å². The molecular weight excluding hydrogens is 244 g/mol. The summed E-state index contributed by atoms with van der Waals surface area (Å²) in [5.41, 5.74) is 1.97. The number of carbonyl (C=O) groups is 2. The average Bonchev–Trinajstić information content (AvgIpc) is 2.64. The van der Waals surface area contributed by atoms with Gasteiger partial charge in [-0.15, -0.1) is 0 Å². The largest absolute Gasteiger partial charge is 0.481 e. The topological polar surface area (TPSA) is 60.9 Å². The highest BCUT2D eigenvalue weighted by atomic mass is 16.4. The first kappa shape index (κ1) is 13.4. The maximum atomic E-state index is 12.2. The van der Waals surface area contributed by atoms with Crippen LogP contribution in [0.2, 0.25) is 0 Å². The maximum Gasteiger partial charge on any atom is 0.324 e. The van der Waals surface area contributed by atoms with E-state index in [0.717, 1.165) is 11.3 Å². The summed E-state index contributed by atoms with van der Waals surface area (Å²) in [4.78, 5) is 26.1. The number of anilines is 1. The summed E-state index contributed by atoms with van der Waals surface area (Å²) in [5.74, 6) is -0.824. The highest BCUT2D eigenvalue weighted by molar-refractivity contribution is 5.94. The second kappa shape index (κ2) is 5.30. The molecule has 0 radical (unpaired) electrons. The molecule has 1 saturated heterocycles. The summed E-state index contributed by atoms with van der Waals surface area (Å²) in [7, 11) is 1.73. The van der Waals surface area contributed by atoms with Crippen molar-refractivity contribution in [1.29, 1.82) is 0 Å². The van der Waals surface area contributed by atoms with Gasteiger partial charge in [-0.25, -0.2) is 4.79 Å². The zero-order valence-corrected chi connectivity index (χ0v) is 11.2. The van der Waals surface area contributed by atoms with E-state index in [4.69, 9.17) is 5.11 Å². The maximum absolute atomic E-state index is 12.2. The van der Waals surface area contributed by atoms with Crippen LogP contribution in [-0.2, 0) is 4.79 Å². The quantitative estimate of drug-likeness (QED) is 0.904. The Kier molecular flexibility index (Phi) is 3.74. The third kappa shape index (κ3) is 2.86. The minimum Gasteiger partial charge on any atom is -0.481 e. The van der Waals surface area contributed by atoms with E-state index < -0.39 is 5.97 Å². The van der Waals surface area contributed by atoms with E-state index in [9.17, 15) is 9.59 Å². The molecule has 0 aliphatic carbocycles. The van der Waals surface area contributed by atoms with Crippen LogP contribution in [0.4, 0.5) is 10.5 Å². The number of likely N-dealkylation sites (N-methyl/N-ethyl adjacent to an activating group) is 1. The fraction of sp³-hybridized carbons (Fsp3) is 0.429. The zero-order valence-electron chi connectivity index (χ0n) is 11.2. The summed E-state index contributed by atoms with van der Waals surface area (Å²) in [6.07, 6.45) is 0.573. The third-order valence-electron chi connectivity index (χ3n) is 3.48. The van der Waals surface area contributed by atoms with Crippen LogP contribution in [-0.4, -0.2) is 41.6 Å². The number of aryl methyl sites for hydroxylation is 1. The van der Waals surface area contributed by atoms with Crippen molar-refractivity contribution in [3.8, 4) is 0 Å². The first-order chi connectivity index (χ1) is 8.99. The summed E-state index contributed by atoms with van der Waals surface area (Å²) in [6.45, 7) is 2.53. The Balaban J connectivity index is 2.12. The van der Waals surface area contributed by atoms with Gasteiger partial charge in [0, 0.05) is 25.7 Å². The fourth-order valence-corrected chi connectivity index (χ4v) is 2.34. The van der Waals surface area contributed by atoms with E-state index >= 15 is 0 Å². The molecule has 0 bridgehead atoms. The smallest absolute Gasteiger partial charge is 0.324 e. The molecule has 1 atom stereocenters. The van der Waals surface area contributed by atoms with Crippen LogP contribution in [0.1, 0.15) is 18.4 Å². The highest BCUT2D eigenvalue weighted by Crippen LogP contribution is 2.25. The van der Waals surface area contributed by atoms with Crippen molar-refractivity contribution in [2.45, 2.75) is 25.8 Å². The van der Waals surface area contributed by atoms with Crippen LogP contribution in [0, 0.1) is 6.92 Å². The predicted molar refractivity (Wildman–Crippen MR) is 72.3 cm³/mol. The van der Waals surface area contributed by atoms with Crippen molar-refractivity contribution in [2.75, 3.05) is 18.5 Å². The number of aliphatic carboxylic acids is 1. The summed E-state index contributed by atoms with van der Waals surface area (Å²) >= 11 is 0. The van der Waals surface area contributed by atoms with E-state index in [2.05, 4.69) is 0 Å². The SMILES string of the molecule is Cc1cccc(N2CC(CCC(=O)O)N(C)C2=O)c1. The summed E-state index contributed by atoms with van der Waals surface area (Å²) in [5, 5.41) is 8.73. The van der Waals surface area contributed by atoms with Crippen LogP contribution in [0.25, 0.3) is 0 Å². The monoisotopic (exact) mass is 262 g/mol.